The van der Waals surface area contributed by atoms with Crippen molar-refractivity contribution in [3.8, 4) is 0 Å². The van der Waals surface area contributed by atoms with Crippen molar-refractivity contribution in [2.45, 2.75) is 354 Å². The fourth-order valence-corrected chi connectivity index (χ4v) is 12.2. The number of carbonyl (C=O) groups is 4. The van der Waals surface area contributed by atoms with Gasteiger partial charge in [0.25, 0.3) is 0 Å². The summed E-state index contributed by atoms with van der Waals surface area (Å²) in [5.74, 6) is -2.28. The second-order valence-electron chi connectivity index (χ2n) is 26.6. The number of carbonyl (C=O) groups excluding carboxylic acids is 4. The van der Waals surface area contributed by atoms with Crippen LogP contribution in [0.3, 0.4) is 0 Å². The fourth-order valence-electron chi connectivity index (χ4n) is 10.6. The lowest BCUT2D eigenvalue weighted by atomic mass is 10.1. The lowest BCUT2D eigenvalue weighted by molar-refractivity contribution is -0.161. The largest absolute Gasteiger partial charge is 0.472 e. The Morgan fingerprint density at radius 2 is 0.529 bits per heavy atom. The van der Waals surface area contributed by atoms with Crippen molar-refractivity contribution in [2.75, 3.05) is 39.6 Å². The van der Waals surface area contributed by atoms with Crippen molar-refractivity contribution in [2.24, 2.45) is 0 Å². The lowest BCUT2D eigenvalue weighted by Crippen LogP contribution is -2.30. The summed E-state index contributed by atoms with van der Waals surface area (Å²) < 4.78 is 68.5. The van der Waals surface area contributed by atoms with Crippen molar-refractivity contribution >= 4 is 39.5 Å². The molecule has 19 heteroatoms. The van der Waals surface area contributed by atoms with Crippen LogP contribution in [0, 0.1) is 0 Å². The van der Waals surface area contributed by atoms with Crippen LogP contribution in [0.5, 0.6) is 0 Å². The number of rotatable bonds is 75. The number of phosphoric acid groups is 2. The van der Waals surface area contributed by atoms with Gasteiger partial charge in [-0.1, -0.05) is 278 Å². The Kier molecular flexibility index (Phi) is 71.8. The SMILES string of the molecule is CC/C=C\C/C=C\C/C=C\C/C=C\C/C=C\C/C=C\CCC(=O)O[C@H](COC(=O)CCCCCCCCC/C=C\CCCCCC)COP(=O)(O)OC[C@@H](O)COP(=O)(O)OC[C@@H](COC(=O)CCCCCCC/C=C\CCCCCC)OC(=O)CCCCCCC/C=C\CCCCCCCC. The standard InChI is InChI=1S/C83H144O17P2/c1-5-9-13-17-21-25-29-33-36-37-38-39-42-46-50-54-58-62-66-70-83(88)100-79(74-94-81(86)68-64-60-56-52-48-44-40-34-30-26-22-18-14-10-6-2)76-98-102(91,92)96-72-77(84)71-95-101(89,90)97-75-78(73-93-80(85)67-63-59-55-51-47-43-32-28-24-20-16-12-8-4)99-82(87)69-65-61-57-53-49-45-41-35-31-27-23-19-15-11-7-3/h9,13,21,25-26,28,30,32-33,35-36,38-39,41,46,50,58,62,77-79,84H,5-8,10-12,14-20,22-24,27,29,31,34,37,40,42-45,47-49,51-57,59-61,63-76H2,1-4H3,(H,89,90)(H,91,92)/b13-9-,25-21-,30-26-,32-28-,36-33-,39-38-,41-35-,50-46-,62-58-/t77-,78+,79+/m0/s1. The zero-order valence-electron chi connectivity index (χ0n) is 64.3. The molecule has 5 atom stereocenters. The van der Waals surface area contributed by atoms with E-state index in [0.717, 1.165) is 154 Å². The quantitative estimate of drug-likeness (QED) is 0.0169. The average Bonchev–Trinajstić information content (AvgIpc) is 1.21. The Morgan fingerprint density at radius 3 is 0.853 bits per heavy atom. The van der Waals surface area contributed by atoms with Crippen LogP contribution in [-0.2, 0) is 65.4 Å². The minimum absolute atomic E-state index is 0.0318. The topological polar surface area (TPSA) is 237 Å². The number of esters is 4. The molecule has 102 heavy (non-hydrogen) atoms. The summed E-state index contributed by atoms with van der Waals surface area (Å²) >= 11 is 0. The van der Waals surface area contributed by atoms with Gasteiger partial charge >= 0.3 is 39.5 Å². The number of ether oxygens (including phenoxy) is 4. The molecule has 0 rings (SSSR count). The van der Waals surface area contributed by atoms with Crippen molar-refractivity contribution < 1.29 is 80.2 Å². The van der Waals surface area contributed by atoms with Crippen LogP contribution in [0.1, 0.15) is 336 Å². The van der Waals surface area contributed by atoms with E-state index < -0.39 is 97.5 Å². The Bertz CT molecular complexity index is 2360. The fraction of sp³-hybridized carbons (Fsp3) is 0.735. The summed E-state index contributed by atoms with van der Waals surface area (Å²) in [6, 6.07) is 0. The average molecular weight is 1480 g/mol. The Balaban J connectivity index is 5.43. The van der Waals surface area contributed by atoms with Crippen LogP contribution in [0.15, 0.2) is 109 Å². The molecule has 0 amide bonds. The molecule has 0 aromatic carbocycles. The summed E-state index contributed by atoms with van der Waals surface area (Å²) in [6.45, 7) is 4.65. The van der Waals surface area contributed by atoms with Crippen molar-refractivity contribution in [3.63, 3.8) is 0 Å². The van der Waals surface area contributed by atoms with Crippen LogP contribution in [-0.4, -0.2) is 96.7 Å². The monoisotopic (exact) mass is 1470 g/mol. The minimum atomic E-state index is -5.00. The zero-order chi connectivity index (χ0) is 74.6. The Morgan fingerprint density at radius 1 is 0.284 bits per heavy atom. The second kappa shape index (κ2) is 75.0. The Hall–Kier alpha value is -4.28. The third kappa shape index (κ3) is 74.0. The van der Waals surface area contributed by atoms with E-state index in [1.807, 2.05) is 18.2 Å². The van der Waals surface area contributed by atoms with Gasteiger partial charge in [0.2, 0.25) is 0 Å². The summed E-state index contributed by atoms with van der Waals surface area (Å²) in [4.78, 5) is 73.0. The number of hydrogen-bond acceptors (Lipinski definition) is 15. The van der Waals surface area contributed by atoms with E-state index in [-0.39, 0.29) is 25.7 Å². The molecule has 0 aliphatic carbocycles. The second-order valence-corrected chi connectivity index (χ2v) is 29.5. The zero-order valence-corrected chi connectivity index (χ0v) is 66.0. The van der Waals surface area contributed by atoms with Crippen molar-refractivity contribution in [3.05, 3.63) is 109 Å². The van der Waals surface area contributed by atoms with Gasteiger partial charge in [-0.25, -0.2) is 9.13 Å². The van der Waals surface area contributed by atoms with E-state index in [9.17, 15) is 43.2 Å². The number of phosphoric ester groups is 2. The highest BCUT2D eigenvalue weighted by Crippen LogP contribution is 2.45. The molecule has 0 bridgehead atoms. The molecule has 3 N–H and O–H groups in total. The highest BCUT2D eigenvalue weighted by molar-refractivity contribution is 7.47. The number of allylic oxidation sites excluding steroid dienone is 18. The summed E-state index contributed by atoms with van der Waals surface area (Å²) in [5, 5.41) is 10.6. The van der Waals surface area contributed by atoms with E-state index >= 15 is 0 Å². The van der Waals surface area contributed by atoms with Gasteiger partial charge in [-0.05, 0) is 141 Å². The molecule has 0 spiro atoms. The predicted octanol–water partition coefficient (Wildman–Crippen LogP) is 23.3. The van der Waals surface area contributed by atoms with Crippen LogP contribution in [0.4, 0.5) is 0 Å². The molecule has 0 saturated carbocycles. The van der Waals surface area contributed by atoms with Crippen molar-refractivity contribution in [1.29, 1.82) is 0 Å². The molecule has 2 unspecified atom stereocenters. The van der Waals surface area contributed by atoms with E-state index in [2.05, 4.69) is 119 Å². The van der Waals surface area contributed by atoms with Crippen LogP contribution >= 0.6 is 15.6 Å². The van der Waals surface area contributed by atoms with E-state index in [1.165, 1.54) is 96.3 Å². The Labute approximate surface area is 619 Å². The van der Waals surface area contributed by atoms with Crippen LogP contribution in [0.25, 0.3) is 0 Å². The van der Waals surface area contributed by atoms with Crippen LogP contribution in [0.2, 0.25) is 0 Å². The molecule has 0 aromatic heterocycles. The van der Waals surface area contributed by atoms with Gasteiger partial charge in [-0.2, -0.15) is 0 Å². The minimum Gasteiger partial charge on any atom is -0.462 e. The molecular formula is C83H144O17P2. The molecule has 0 heterocycles. The highest BCUT2D eigenvalue weighted by Gasteiger charge is 2.30. The molecule has 0 aliphatic rings. The first-order valence-corrected chi connectivity index (χ1v) is 43.1. The molecule has 0 radical (unpaired) electrons. The molecule has 0 saturated heterocycles. The first-order chi connectivity index (χ1) is 49.7. The van der Waals surface area contributed by atoms with Gasteiger partial charge in [-0.15, -0.1) is 0 Å². The third-order valence-corrected chi connectivity index (χ3v) is 18.6. The summed E-state index contributed by atoms with van der Waals surface area (Å²) in [6.07, 6.45) is 80.8. The highest BCUT2D eigenvalue weighted by atomic mass is 31.2. The molecule has 0 fully saturated rings. The summed E-state index contributed by atoms with van der Waals surface area (Å²) in [5.41, 5.74) is 0. The first kappa shape index (κ1) is 97.7. The normalized spacial score (nSPS) is 14.5. The van der Waals surface area contributed by atoms with Gasteiger partial charge in [0, 0.05) is 25.7 Å². The van der Waals surface area contributed by atoms with Gasteiger partial charge in [0.15, 0.2) is 12.2 Å². The van der Waals surface area contributed by atoms with Gasteiger partial charge in [0.05, 0.1) is 26.4 Å². The number of aliphatic hydroxyl groups is 1. The number of hydrogen-bond donors (Lipinski definition) is 3. The van der Waals surface area contributed by atoms with Crippen LogP contribution < -0.4 is 0 Å². The molecular weight excluding hydrogens is 1330 g/mol. The maximum Gasteiger partial charge on any atom is 0.472 e. The number of unbranched alkanes of at least 4 members (excludes halogenated alkanes) is 31. The van der Waals surface area contributed by atoms with Gasteiger partial charge in [-0.3, -0.25) is 37.3 Å². The smallest absolute Gasteiger partial charge is 0.462 e. The maximum atomic E-state index is 13.1. The van der Waals surface area contributed by atoms with Crippen molar-refractivity contribution in [1.82, 2.24) is 0 Å². The molecule has 0 aliphatic heterocycles. The third-order valence-electron chi connectivity index (χ3n) is 16.7. The van der Waals surface area contributed by atoms with E-state index in [0.29, 0.717) is 32.1 Å². The van der Waals surface area contributed by atoms with E-state index in [1.54, 1.807) is 0 Å². The molecule has 17 nitrogen and oxygen atoms in total. The maximum absolute atomic E-state index is 13.1. The predicted molar refractivity (Wildman–Crippen MR) is 418 cm³/mol. The van der Waals surface area contributed by atoms with Gasteiger partial charge in [0.1, 0.15) is 19.3 Å². The first-order valence-electron chi connectivity index (χ1n) is 40.1. The lowest BCUT2D eigenvalue weighted by Gasteiger charge is -2.21. The summed E-state index contributed by atoms with van der Waals surface area (Å²) in [7, 11) is -9.98. The molecule has 588 valence electrons. The van der Waals surface area contributed by atoms with Gasteiger partial charge < -0.3 is 33.8 Å². The number of aliphatic hydroxyl groups excluding tert-OH is 1. The van der Waals surface area contributed by atoms with E-state index in [4.69, 9.17) is 37.0 Å². The molecule has 0 aromatic rings.